The standard InChI is InChI=1S/C8H14N4/c1-3-12(4-2)11-8-5-6-9-7-10-8/h5-7H,3-4H2,1-2H3,(H,9,10,11). The van der Waals surface area contributed by atoms with Crippen LogP contribution in [0.2, 0.25) is 0 Å². The second-order valence-corrected chi connectivity index (χ2v) is 2.38. The summed E-state index contributed by atoms with van der Waals surface area (Å²) in [6.45, 7) is 6.11. The Morgan fingerprint density at radius 2 is 2.17 bits per heavy atom. The van der Waals surface area contributed by atoms with Gasteiger partial charge in [-0.15, -0.1) is 0 Å². The van der Waals surface area contributed by atoms with Crippen LogP contribution >= 0.6 is 0 Å². The Balaban J connectivity index is 2.51. The van der Waals surface area contributed by atoms with E-state index in [-0.39, 0.29) is 0 Å². The minimum Gasteiger partial charge on any atom is -0.303 e. The van der Waals surface area contributed by atoms with E-state index >= 15 is 0 Å². The van der Waals surface area contributed by atoms with Crippen LogP contribution < -0.4 is 5.43 Å². The summed E-state index contributed by atoms with van der Waals surface area (Å²) in [5.41, 5.74) is 3.16. The molecule has 1 rings (SSSR count). The Morgan fingerprint density at radius 1 is 1.42 bits per heavy atom. The topological polar surface area (TPSA) is 41.0 Å². The molecule has 0 aliphatic carbocycles. The van der Waals surface area contributed by atoms with E-state index in [1.165, 1.54) is 6.33 Å². The van der Waals surface area contributed by atoms with E-state index in [0.717, 1.165) is 18.9 Å². The lowest BCUT2D eigenvalue weighted by atomic mass is 10.6. The molecule has 0 aliphatic heterocycles. The third-order valence-electron chi connectivity index (χ3n) is 1.62. The maximum absolute atomic E-state index is 4.05. The van der Waals surface area contributed by atoms with Gasteiger partial charge in [0.2, 0.25) is 0 Å². The van der Waals surface area contributed by atoms with Gasteiger partial charge in [-0.1, -0.05) is 13.8 Å². The molecule has 0 unspecified atom stereocenters. The summed E-state index contributed by atoms with van der Waals surface area (Å²) in [5.74, 6) is 0.841. The van der Waals surface area contributed by atoms with Crippen molar-refractivity contribution in [1.82, 2.24) is 15.0 Å². The van der Waals surface area contributed by atoms with E-state index in [1.54, 1.807) is 6.20 Å². The molecule has 0 bridgehead atoms. The molecule has 0 aromatic carbocycles. The van der Waals surface area contributed by atoms with Gasteiger partial charge < -0.3 is 5.43 Å². The van der Waals surface area contributed by atoms with Gasteiger partial charge in [0.1, 0.15) is 12.1 Å². The fourth-order valence-electron chi connectivity index (χ4n) is 0.901. The summed E-state index contributed by atoms with van der Waals surface area (Å²) in [5, 5.41) is 2.07. The zero-order valence-corrected chi connectivity index (χ0v) is 7.49. The first kappa shape index (κ1) is 8.93. The molecule has 0 fully saturated rings. The summed E-state index contributed by atoms with van der Waals surface area (Å²) in [6.07, 6.45) is 3.25. The number of hydrogen-bond acceptors (Lipinski definition) is 4. The molecule has 4 heteroatoms. The Labute approximate surface area is 72.6 Å². The van der Waals surface area contributed by atoms with Crippen LogP contribution in [0.3, 0.4) is 0 Å². The third-order valence-corrected chi connectivity index (χ3v) is 1.62. The zero-order chi connectivity index (χ0) is 8.81. The van der Waals surface area contributed by atoms with Crippen LogP contribution in [0.5, 0.6) is 0 Å². The Morgan fingerprint density at radius 3 is 2.67 bits per heavy atom. The summed E-state index contributed by atoms with van der Waals surface area (Å²) in [6, 6.07) is 1.85. The monoisotopic (exact) mass is 166 g/mol. The van der Waals surface area contributed by atoms with Crippen molar-refractivity contribution in [2.75, 3.05) is 18.5 Å². The summed E-state index contributed by atoms with van der Waals surface area (Å²) >= 11 is 0. The molecule has 1 N–H and O–H groups in total. The minimum atomic E-state index is 0.841. The molecule has 4 nitrogen and oxygen atoms in total. The second-order valence-electron chi connectivity index (χ2n) is 2.38. The molecule has 0 saturated heterocycles. The molecule has 0 spiro atoms. The highest BCUT2D eigenvalue weighted by molar-refractivity contribution is 5.29. The number of anilines is 1. The molecule has 0 saturated carbocycles. The van der Waals surface area contributed by atoms with Crippen LogP contribution in [0.4, 0.5) is 5.82 Å². The van der Waals surface area contributed by atoms with Crippen molar-refractivity contribution < 1.29 is 0 Å². The summed E-state index contributed by atoms with van der Waals surface area (Å²) in [4.78, 5) is 7.89. The quantitative estimate of drug-likeness (QED) is 0.681. The molecule has 0 amide bonds. The number of hydrazine groups is 1. The highest BCUT2D eigenvalue weighted by Gasteiger charge is 1.97. The molecule has 0 aliphatic rings. The first-order valence-electron chi connectivity index (χ1n) is 4.14. The molecule has 1 aromatic rings. The van der Waals surface area contributed by atoms with Crippen LogP contribution in [0.1, 0.15) is 13.8 Å². The van der Waals surface area contributed by atoms with Gasteiger partial charge in [0.25, 0.3) is 0 Å². The van der Waals surface area contributed by atoms with E-state index < -0.39 is 0 Å². The fraction of sp³-hybridized carbons (Fsp3) is 0.500. The number of nitrogens with one attached hydrogen (secondary N) is 1. The molecule has 1 heterocycles. The highest BCUT2D eigenvalue weighted by Crippen LogP contribution is 1.99. The van der Waals surface area contributed by atoms with E-state index in [0.29, 0.717) is 0 Å². The first-order chi connectivity index (χ1) is 5.86. The SMILES string of the molecule is CCN(CC)Nc1ccncn1. The van der Waals surface area contributed by atoms with Gasteiger partial charge in [-0.3, -0.25) is 0 Å². The van der Waals surface area contributed by atoms with Crippen molar-refractivity contribution in [3.05, 3.63) is 18.6 Å². The van der Waals surface area contributed by atoms with Crippen molar-refractivity contribution in [3.63, 3.8) is 0 Å². The Kier molecular flexibility index (Phi) is 3.47. The van der Waals surface area contributed by atoms with Gasteiger partial charge in [-0.25, -0.2) is 15.0 Å². The zero-order valence-electron chi connectivity index (χ0n) is 7.49. The largest absolute Gasteiger partial charge is 0.303 e. The van der Waals surface area contributed by atoms with Crippen molar-refractivity contribution in [2.24, 2.45) is 0 Å². The van der Waals surface area contributed by atoms with Crippen molar-refractivity contribution in [3.8, 4) is 0 Å². The first-order valence-corrected chi connectivity index (χ1v) is 4.14. The predicted octanol–water partition coefficient (Wildman–Crippen LogP) is 1.15. The lowest BCUT2D eigenvalue weighted by molar-refractivity contribution is 0.365. The van der Waals surface area contributed by atoms with Crippen LogP contribution in [0, 0.1) is 0 Å². The molecule has 0 atom stereocenters. The van der Waals surface area contributed by atoms with Gasteiger partial charge >= 0.3 is 0 Å². The maximum atomic E-state index is 4.05. The normalized spacial score (nSPS) is 10.2. The Bertz CT molecular complexity index is 208. The third kappa shape index (κ3) is 2.47. The van der Waals surface area contributed by atoms with Gasteiger partial charge in [0.15, 0.2) is 0 Å². The Hall–Kier alpha value is -1.16. The molecular formula is C8H14N4. The summed E-state index contributed by atoms with van der Waals surface area (Å²) in [7, 11) is 0. The van der Waals surface area contributed by atoms with Crippen molar-refractivity contribution >= 4 is 5.82 Å². The predicted molar refractivity (Wildman–Crippen MR) is 48.6 cm³/mol. The van der Waals surface area contributed by atoms with Crippen LogP contribution in [0.15, 0.2) is 18.6 Å². The van der Waals surface area contributed by atoms with Crippen molar-refractivity contribution in [1.29, 1.82) is 0 Å². The highest BCUT2D eigenvalue weighted by atomic mass is 15.5. The van der Waals surface area contributed by atoms with Crippen LogP contribution in [-0.4, -0.2) is 28.1 Å². The second kappa shape index (κ2) is 4.66. The van der Waals surface area contributed by atoms with E-state index in [9.17, 15) is 0 Å². The van der Waals surface area contributed by atoms with Gasteiger partial charge in [0.05, 0.1) is 0 Å². The van der Waals surface area contributed by atoms with Gasteiger partial charge in [-0.05, 0) is 0 Å². The number of hydrogen-bond donors (Lipinski definition) is 1. The van der Waals surface area contributed by atoms with E-state index in [1.807, 2.05) is 6.07 Å². The molecule has 0 radical (unpaired) electrons. The molecule has 66 valence electrons. The number of aromatic nitrogens is 2. The average molecular weight is 166 g/mol. The van der Waals surface area contributed by atoms with E-state index in [2.05, 4.69) is 34.3 Å². The maximum Gasteiger partial charge on any atom is 0.143 e. The van der Waals surface area contributed by atoms with Crippen LogP contribution in [0.25, 0.3) is 0 Å². The lowest BCUT2D eigenvalue weighted by Crippen LogP contribution is -2.29. The fourth-order valence-corrected chi connectivity index (χ4v) is 0.901. The molecular weight excluding hydrogens is 152 g/mol. The lowest BCUT2D eigenvalue weighted by Gasteiger charge is -2.19. The molecule has 12 heavy (non-hydrogen) atoms. The van der Waals surface area contributed by atoms with Gasteiger partial charge in [-0.2, -0.15) is 0 Å². The smallest absolute Gasteiger partial charge is 0.143 e. The minimum absolute atomic E-state index is 0.841. The average Bonchev–Trinajstić information content (AvgIpc) is 2.16. The number of rotatable bonds is 4. The van der Waals surface area contributed by atoms with E-state index in [4.69, 9.17) is 0 Å². The van der Waals surface area contributed by atoms with Crippen molar-refractivity contribution in [2.45, 2.75) is 13.8 Å². The van der Waals surface area contributed by atoms with Crippen LogP contribution in [-0.2, 0) is 0 Å². The molecule has 1 aromatic heterocycles. The summed E-state index contributed by atoms with van der Waals surface area (Å²) < 4.78 is 0. The number of nitrogens with zero attached hydrogens (tertiary/aromatic N) is 3. The van der Waals surface area contributed by atoms with Gasteiger partial charge in [0, 0.05) is 25.4 Å².